The summed E-state index contributed by atoms with van der Waals surface area (Å²) < 4.78 is 17.8. The van der Waals surface area contributed by atoms with Gasteiger partial charge in [-0.1, -0.05) is 12.1 Å². The molecule has 0 aliphatic heterocycles. The summed E-state index contributed by atoms with van der Waals surface area (Å²) in [6.07, 6.45) is 0.308. The molecule has 106 valence electrons. The number of hydrogen-bond donors (Lipinski definition) is 1. The van der Waals surface area contributed by atoms with Crippen LogP contribution in [0.5, 0.6) is 0 Å². The Morgan fingerprint density at radius 2 is 2.00 bits per heavy atom. The van der Waals surface area contributed by atoms with E-state index in [9.17, 15) is 9.18 Å². The smallest absolute Gasteiger partial charge is 0.151 e. The Kier molecular flexibility index (Phi) is 7.25. The maximum atomic E-state index is 12.7. The number of benzene rings is 1. The summed E-state index contributed by atoms with van der Waals surface area (Å²) in [4.78, 5) is 13.6. The third-order valence-electron chi connectivity index (χ3n) is 2.61. The lowest BCUT2D eigenvalue weighted by molar-refractivity contribution is -0.119. The van der Waals surface area contributed by atoms with Crippen molar-refractivity contribution in [2.45, 2.75) is 6.42 Å². The van der Waals surface area contributed by atoms with Crippen molar-refractivity contribution in [3.8, 4) is 0 Å². The summed E-state index contributed by atoms with van der Waals surface area (Å²) in [5, 5.41) is 8.54. The van der Waals surface area contributed by atoms with Crippen LogP contribution >= 0.6 is 0 Å². The molecule has 0 spiro atoms. The molecule has 0 radical (unpaired) electrons. The fraction of sp³-hybridized carbons (Fsp3) is 0.500. The second-order valence-corrected chi connectivity index (χ2v) is 4.42. The van der Waals surface area contributed by atoms with E-state index in [0.29, 0.717) is 32.7 Å². The van der Waals surface area contributed by atoms with Gasteiger partial charge in [-0.25, -0.2) is 4.39 Å². The van der Waals surface area contributed by atoms with Gasteiger partial charge in [0.15, 0.2) is 5.78 Å². The van der Waals surface area contributed by atoms with Crippen LogP contribution in [0.1, 0.15) is 5.56 Å². The largest absolute Gasteiger partial charge is 0.394 e. The van der Waals surface area contributed by atoms with Gasteiger partial charge in [-0.05, 0) is 24.7 Å². The molecule has 0 atom stereocenters. The standard InChI is InChI=1S/C14H20FNO3/c1-16(6-8-19-9-7-17)11-14(18)10-12-2-4-13(15)5-3-12/h2-5,17H,6-11H2,1H3. The first-order valence-electron chi connectivity index (χ1n) is 6.25. The van der Waals surface area contributed by atoms with E-state index in [1.54, 1.807) is 12.1 Å². The summed E-state index contributed by atoms with van der Waals surface area (Å²) in [7, 11) is 1.84. The highest BCUT2D eigenvalue weighted by molar-refractivity contribution is 5.82. The molecular weight excluding hydrogens is 249 g/mol. The lowest BCUT2D eigenvalue weighted by Gasteiger charge is -2.15. The number of carbonyl (C=O) groups excluding carboxylic acids is 1. The van der Waals surface area contributed by atoms with Crippen molar-refractivity contribution in [2.24, 2.45) is 0 Å². The molecule has 0 aromatic heterocycles. The van der Waals surface area contributed by atoms with Crippen LogP contribution in [0.2, 0.25) is 0 Å². The van der Waals surface area contributed by atoms with E-state index < -0.39 is 0 Å². The van der Waals surface area contributed by atoms with Crippen LogP contribution in [0.3, 0.4) is 0 Å². The van der Waals surface area contributed by atoms with Crippen molar-refractivity contribution in [1.82, 2.24) is 4.90 Å². The predicted molar refractivity (Wildman–Crippen MR) is 70.5 cm³/mol. The van der Waals surface area contributed by atoms with Crippen molar-refractivity contribution in [2.75, 3.05) is 40.0 Å². The lowest BCUT2D eigenvalue weighted by atomic mass is 10.1. The average molecular weight is 269 g/mol. The number of likely N-dealkylation sites (N-methyl/N-ethyl adjacent to an activating group) is 1. The Labute approximate surface area is 112 Å². The van der Waals surface area contributed by atoms with E-state index >= 15 is 0 Å². The topological polar surface area (TPSA) is 49.8 Å². The highest BCUT2D eigenvalue weighted by Gasteiger charge is 2.07. The molecule has 0 aliphatic rings. The zero-order valence-electron chi connectivity index (χ0n) is 11.1. The summed E-state index contributed by atoms with van der Waals surface area (Å²) in [5.41, 5.74) is 0.816. The molecule has 0 heterocycles. The highest BCUT2D eigenvalue weighted by Crippen LogP contribution is 2.04. The molecule has 5 heteroatoms. The van der Waals surface area contributed by atoms with E-state index in [4.69, 9.17) is 9.84 Å². The van der Waals surface area contributed by atoms with Crippen LogP contribution in [-0.4, -0.2) is 55.7 Å². The van der Waals surface area contributed by atoms with Crippen LogP contribution in [0.25, 0.3) is 0 Å². The van der Waals surface area contributed by atoms with Gasteiger partial charge in [-0.15, -0.1) is 0 Å². The first-order valence-corrected chi connectivity index (χ1v) is 6.25. The lowest BCUT2D eigenvalue weighted by Crippen LogP contribution is -2.30. The highest BCUT2D eigenvalue weighted by atomic mass is 19.1. The Morgan fingerprint density at radius 3 is 2.63 bits per heavy atom. The number of aliphatic hydroxyl groups is 1. The van der Waals surface area contributed by atoms with Crippen molar-refractivity contribution < 1.29 is 19.0 Å². The van der Waals surface area contributed by atoms with Gasteiger partial charge in [0.2, 0.25) is 0 Å². The second-order valence-electron chi connectivity index (χ2n) is 4.42. The number of nitrogens with zero attached hydrogens (tertiary/aromatic N) is 1. The van der Waals surface area contributed by atoms with E-state index in [1.165, 1.54) is 12.1 Å². The minimum Gasteiger partial charge on any atom is -0.394 e. The number of hydrogen-bond acceptors (Lipinski definition) is 4. The Balaban J connectivity index is 2.24. The van der Waals surface area contributed by atoms with Gasteiger partial charge in [0.1, 0.15) is 5.82 Å². The molecule has 0 bridgehead atoms. The van der Waals surface area contributed by atoms with Crippen molar-refractivity contribution in [1.29, 1.82) is 0 Å². The Hall–Kier alpha value is -1.30. The number of Topliss-reactive ketones (excluding diaryl/α,β-unsaturated/α-hetero) is 1. The van der Waals surface area contributed by atoms with Crippen LogP contribution in [0.4, 0.5) is 4.39 Å². The van der Waals surface area contributed by atoms with Crippen molar-refractivity contribution >= 4 is 5.78 Å². The molecule has 0 saturated heterocycles. The maximum absolute atomic E-state index is 12.7. The summed E-state index contributed by atoms with van der Waals surface area (Å²) in [6.45, 7) is 1.78. The third kappa shape index (κ3) is 7.00. The first-order chi connectivity index (χ1) is 9.11. The first kappa shape index (κ1) is 15.8. The normalized spacial score (nSPS) is 10.9. The number of aliphatic hydroxyl groups excluding tert-OH is 1. The van der Waals surface area contributed by atoms with Gasteiger partial charge in [0.25, 0.3) is 0 Å². The minimum atomic E-state index is -0.297. The molecule has 4 nitrogen and oxygen atoms in total. The molecule has 1 aromatic carbocycles. The van der Waals surface area contributed by atoms with Gasteiger partial charge >= 0.3 is 0 Å². The number of halogens is 1. The fourth-order valence-corrected chi connectivity index (χ4v) is 1.65. The SMILES string of the molecule is CN(CCOCCO)CC(=O)Cc1ccc(F)cc1. The maximum Gasteiger partial charge on any atom is 0.151 e. The number of ether oxygens (including phenoxy) is 1. The fourth-order valence-electron chi connectivity index (χ4n) is 1.65. The molecule has 19 heavy (non-hydrogen) atoms. The van der Waals surface area contributed by atoms with E-state index in [2.05, 4.69) is 0 Å². The molecular formula is C14H20FNO3. The molecule has 1 N–H and O–H groups in total. The van der Waals surface area contributed by atoms with E-state index in [0.717, 1.165) is 5.56 Å². The van der Waals surface area contributed by atoms with E-state index in [-0.39, 0.29) is 18.2 Å². The van der Waals surface area contributed by atoms with Gasteiger partial charge in [-0.3, -0.25) is 9.69 Å². The summed E-state index contributed by atoms with van der Waals surface area (Å²) in [5.74, 6) is -0.217. The Morgan fingerprint density at radius 1 is 1.32 bits per heavy atom. The predicted octanol–water partition coefficient (Wildman–Crippen LogP) is 0.878. The number of carbonyl (C=O) groups is 1. The molecule has 0 unspecified atom stereocenters. The van der Waals surface area contributed by atoms with Gasteiger partial charge < -0.3 is 9.84 Å². The minimum absolute atomic E-state index is 0.00715. The zero-order valence-corrected chi connectivity index (χ0v) is 11.1. The van der Waals surface area contributed by atoms with Gasteiger partial charge in [-0.2, -0.15) is 0 Å². The summed E-state index contributed by atoms with van der Waals surface area (Å²) in [6, 6.07) is 5.96. The van der Waals surface area contributed by atoms with Crippen molar-refractivity contribution in [3.63, 3.8) is 0 Å². The van der Waals surface area contributed by atoms with Crippen molar-refractivity contribution in [3.05, 3.63) is 35.6 Å². The molecule has 1 aromatic rings. The molecule has 0 aliphatic carbocycles. The van der Waals surface area contributed by atoms with Crippen LogP contribution in [-0.2, 0) is 16.0 Å². The molecule has 0 saturated carbocycles. The Bertz CT molecular complexity index is 381. The van der Waals surface area contributed by atoms with Gasteiger partial charge in [0, 0.05) is 13.0 Å². The number of ketones is 1. The molecule has 0 amide bonds. The quantitative estimate of drug-likeness (QED) is 0.676. The van der Waals surface area contributed by atoms with Crippen LogP contribution < -0.4 is 0 Å². The van der Waals surface area contributed by atoms with Crippen LogP contribution in [0.15, 0.2) is 24.3 Å². The monoisotopic (exact) mass is 269 g/mol. The van der Waals surface area contributed by atoms with Crippen LogP contribution in [0, 0.1) is 5.82 Å². The molecule has 0 fully saturated rings. The third-order valence-corrected chi connectivity index (χ3v) is 2.61. The molecule has 1 rings (SSSR count). The average Bonchev–Trinajstić information content (AvgIpc) is 2.37. The second kappa shape index (κ2) is 8.74. The van der Waals surface area contributed by atoms with E-state index in [1.807, 2.05) is 11.9 Å². The summed E-state index contributed by atoms with van der Waals surface area (Å²) >= 11 is 0. The number of rotatable bonds is 9. The zero-order chi connectivity index (χ0) is 14.1. The van der Waals surface area contributed by atoms with Gasteiger partial charge in [0.05, 0.1) is 26.4 Å².